The van der Waals surface area contributed by atoms with Crippen LogP contribution in [-0.2, 0) is 22.9 Å². The highest BCUT2D eigenvalue weighted by atomic mass is 32.2. The van der Waals surface area contributed by atoms with E-state index in [1.165, 1.54) is 5.56 Å². The predicted molar refractivity (Wildman–Crippen MR) is 92.5 cm³/mol. The minimum absolute atomic E-state index is 0.00133. The minimum atomic E-state index is -3.02. The summed E-state index contributed by atoms with van der Waals surface area (Å²) in [6.07, 6.45) is 0. The van der Waals surface area contributed by atoms with E-state index < -0.39 is 9.84 Å². The molecule has 0 saturated carbocycles. The van der Waals surface area contributed by atoms with E-state index in [0.29, 0.717) is 6.54 Å². The van der Waals surface area contributed by atoms with E-state index in [4.69, 9.17) is 4.63 Å². The Hall–Kier alpha value is -1.77. The van der Waals surface area contributed by atoms with Gasteiger partial charge in [-0.05, 0) is 12.5 Å². The largest absolute Gasteiger partial charge is 0.292 e. The number of aromatic nitrogens is 2. The maximum absolute atomic E-state index is 12.3. The van der Waals surface area contributed by atoms with Gasteiger partial charge < -0.3 is 0 Å². The molecule has 2 aliphatic heterocycles. The van der Waals surface area contributed by atoms with Gasteiger partial charge in [-0.15, -0.1) is 0 Å². The van der Waals surface area contributed by atoms with Gasteiger partial charge in [-0.2, -0.15) is 0 Å². The average Bonchev–Trinajstić information content (AvgIpc) is 3.13. The Labute approximate surface area is 147 Å². The van der Waals surface area contributed by atoms with E-state index in [1.807, 2.05) is 25.1 Å². The number of hydrogen-bond acceptors (Lipinski definition) is 7. The first kappa shape index (κ1) is 16.7. The second-order valence-corrected chi connectivity index (χ2v) is 9.09. The van der Waals surface area contributed by atoms with Crippen LogP contribution in [-0.4, -0.2) is 65.2 Å². The van der Waals surface area contributed by atoms with Crippen molar-refractivity contribution in [3.8, 4) is 0 Å². The Bertz CT molecular complexity index is 837. The summed E-state index contributed by atoms with van der Waals surface area (Å²) in [7, 11) is -3.02. The van der Waals surface area contributed by atoms with Crippen molar-refractivity contribution in [2.45, 2.75) is 32.1 Å². The molecule has 0 spiro atoms. The summed E-state index contributed by atoms with van der Waals surface area (Å²) in [6.45, 7) is 4.90. The molecule has 0 amide bonds. The van der Waals surface area contributed by atoms with Crippen LogP contribution in [0.2, 0.25) is 0 Å². The van der Waals surface area contributed by atoms with Crippen LogP contribution in [0, 0.1) is 6.92 Å². The molecule has 2 aromatic rings. The van der Waals surface area contributed by atoms with E-state index in [-0.39, 0.29) is 23.6 Å². The van der Waals surface area contributed by atoms with Crippen LogP contribution in [0.25, 0.3) is 0 Å². The average molecular weight is 362 g/mol. The lowest BCUT2D eigenvalue weighted by Crippen LogP contribution is -2.58. The molecule has 8 heteroatoms. The van der Waals surface area contributed by atoms with Gasteiger partial charge >= 0.3 is 0 Å². The molecule has 2 saturated heterocycles. The lowest BCUT2D eigenvalue weighted by molar-refractivity contribution is 0.0341. The zero-order valence-corrected chi connectivity index (χ0v) is 15.0. The van der Waals surface area contributed by atoms with Gasteiger partial charge in [0.25, 0.3) is 0 Å². The number of benzene rings is 1. The molecule has 134 valence electrons. The van der Waals surface area contributed by atoms with Gasteiger partial charge in [-0.25, -0.2) is 13.0 Å². The first-order valence-corrected chi connectivity index (χ1v) is 10.3. The van der Waals surface area contributed by atoms with Gasteiger partial charge in [-0.1, -0.05) is 40.6 Å². The van der Waals surface area contributed by atoms with Gasteiger partial charge in [0.2, 0.25) is 0 Å². The van der Waals surface area contributed by atoms with Crippen LogP contribution in [0.4, 0.5) is 0 Å². The fraction of sp³-hybridized carbons (Fsp3) is 0.529. The monoisotopic (exact) mass is 362 g/mol. The first-order valence-electron chi connectivity index (χ1n) is 8.52. The van der Waals surface area contributed by atoms with Crippen molar-refractivity contribution in [2.75, 3.05) is 24.6 Å². The Morgan fingerprint density at radius 2 is 1.68 bits per heavy atom. The Morgan fingerprint density at radius 3 is 2.28 bits per heavy atom. The van der Waals surface area contributed by atoms with Gasteiger partial charge in [0.15, 0.2) is 9.84 Å². The topological polar surface area (TPSA) is 79.5 Å². The summed E-state index contributed by atoms with van der Waals surface area (Å²) in [5, 5.41) is 7.78. The smallest absolute Gasteiger partial charge is 0.153 e. The third-order valence-electron chi connectivity index (χ3n) is 5.23. The van der Waals surface area contributed by atoms with Crippen molar-refractivity contribution in [1.29, 1.82) is 0 Å². The minimum Gasteiger partial charge on any atom is -0.292 e. The number of rotatable bonds is 4. The number of fused-ring (bicyclic) bond motifs is 1. The molecular formula is C17H22N4O3S. The SMILES string of the molecule is Cc1nonc1CN1CCN(Cc2ccccc2)[C@@H]2CS(=O)(=O)C[C@@H]21. The molecule has 1 aromatic heterocycles. The highest BCUT2D eigenvalue weighted by Crippen LogP contribution is 2.29. The zero-order chi connectivity index (χ0) is 17.4. The lowest BCUT2D eigenvalue weighted by atomic mass is 10.0. The second-order valence-electron chi connectivity index (χ2n) is 6.93. The van der Waals surface area contributed by atoms with E-state index in [2.05, 4.69) is 32.2 Å². The van der Waals surface area contributed by atoms with E-state index in [9.17, 15) is 8.42 Å². The summed E-state index contributed by atoms with van der Waals surface area (Å²) in [4.78, 5) is 4.54. The van der Waals surface area contributed by atoms with Crippen molar-refractivity contribution in [3.63, 3.8) is 0 Å². The van der Waals surface area contributed by atoms with Crippen LogP contribution >= 0.6 is 0 Å². The van der Waals surface area contributed by atoms with Crippen LogP contribution in [0.5, 0.6) is 0 Å². The van der Waals surface area contributed by atoms with Crippen LogP contribution in [0.1, 0.15) is 17.0 Å². The van der Waals surface area contributed by atoms with Crippen molar-refractivity contribution in [1.82, 2.24) is 20.1 Å². The maximum atomic E-state index is 12.3. The van der Waals surface area contributed by atoms with Gasteiger partial charge in [-0.3, -0.25) is 9.80 Å². The summed E-state index contributed by atoms with van der Waals surface area (Å²) < 4.78 is 29.4. The van der Waals surface area contributed by atoms with Crippen molar-refractivity contribution < 1.29 is 13.0 Å². The molecule has 0 aliphatic carbocycles. The molecule has 0 N–H and O–H groups in total. The molecule has 25 heavy (non-hydrogen) atoms. The summed E-state index contributed by atoms with van der Waals surface area (Å²) >= 11 is 0. The summed E-state index contributed by atoms with van der Waals surface area (Å²) in [6, 6.07) is 10.3. The number of nitrogens with zero attached hydrogens (tertiary/aromatic N) is 4. The Balaban J connectivity index is 1.54. The molecule has 2 fully saturated rings. The molecule has 2 atom stereocenters. The van der Waals surface area contributed by atoms with E-state index >= 15 is 0 Å². The third kappa shape index (κ3) is 3.47. The van der Waals surface area contributed by atoms with Crippen molar-refractivity contribution in [3.05, 3.63) is 47.3 Å². The summed E-state index contributed by atoms with van der Waals surface area (Å²) in [5.74, 6) is 0.449. The molecule has 0 radical (unpaired) electrons. The highest BCUT2D eigenvalue weighted by Gasteiger charge is 2.46. The van der Waals surface area contributed by atoms with Gasteiger partial charge in [0.05, 0.1) is 11.5 Å². The fourth-order valence-electron chi connectivity index (χ4n) is 3.89. The normalized spacial score (nSPS) is 26.6. The number of sulfone groups is 1. The molecule has 3 heterocycles. The number of piperazine rings is 1. The lowest BCUT2D eigenvalue weighted by Gasteiger charge is -2.43. The molecule has 1 aromatic carbocycles. The number of hydrogen-bond donors (Lipinski definition) is 0. The molecule has 2 aliphatic rings. The maximum Gasteiger partial charge on any atom is 0.153 e. The molecule has 7 nitrogen and oxygen atoms in total. The van der Waals surface area contributed by atoms with E-state index in [1.54, 1.807) is 0 Å². The molecular weight excluding hydrogens is 340 g/mol. The highest BCUT2D eigenvalue weighted by molar-refractivity contribution is 7.91. The Morgan fingerprint density at radius 1 is 1.04 bits per heavy atom. The summed E-state index contributed by atoms with van der Waals surface area (Å²) in [5.41, 5.74) is 2.78. The first-order chi connectivity index (χ1) is 12.0. The van der Waals surface area contributed by atoms with E-state index in [0.717, 1.165) is 31.0 Å². The fourth-order valence-corrected chi connectivity index (χ4v) is 5.94. The number of aryl methyl sites for hydroxylation is 1. The molecule has 4 rings (SSSR count). The predicted octanol–water partition coefficient (Wildman–Crippen LogP) is 0.861. The van der Waals surface area contributed by atoms with Crippen LogP contribution in [0.3, 0.4) is 0 Å². The molecule has 0 bridgehead atoms. The van der Waals surface area contributed by atoms with Gasteiger partial charge in [0, 0.05) is 38.3 Å². The zero-order valence-electron chi connectivity index (χ0n) is 14.2. The van der Waals surface area contributed by atoms with Crippen LogP contribution < -0.4 is 0 Å². The van der Waals surface area contributed by atoms with Gasteiger partial charge in [0.1, 0.15) is 11.4 Å². The van der Waals surface area contributed by atoms with Crippen molar-refractivity contribution in [2.24, 2.45) is 0 Å². The van der Waals surface area contributed by atoms with Crippen molar-refractivity contribution >= 4 is 9.84 Å². The van der Waals surface area contributed by atoms with Crippen LogP contribution in [0.15, 0.2) is 35.0 Å². The Kier molecular flexibility index (Phi) is 4.35. The second kappa shape index (κ2) is 6.51. The third-order valence-corrected chi connectivity index (χ3v) is 6.93. The standard InChI is InChI=1S/C17H22N4O3S/c1-13-15(19-24-18-13)10-21-8-7-20(9-14-5-3-2-4-6-14)16-11-25(22,23)12-17(16)21/h2-6,16-17H,7-12H2,1H3/t16-,17+/m1/s1. The quantitative estimate of drug-likeness (QED) is 0.798. The molecule has 0 unspecified atom stereocenters.